The summed E-state index contributed by atoms with van der Waals surface area (Å²) in [5.74, 6) is 0.338. The fourth-order valence-corrected chi connectivity index (χ4v) is 3.36. The summed E-state index contributed by atoms with van der Waals surface area (Å²) in [6, 6.07) is 12.7. The van der Waals surface area contributed by atoms with E-state index in [1.807, 2.05) is 13.8 Å². The van der Waals surface area contributed by atoms with Crippen LogP contribution in [0.3, 0.4) is 0 Å². The Kier molecular flexibility index (Phi) is 7.20. The van der Waals surface area contributed by atoms with E-state index in [2.05, 4.69) is 15.4 Å². The molecule has 1 unspecified atom stereocenters. The number of carbonyl (C=O) groups excluding carboxylic acids is 1. The summed E-state index contributed by atoms with van der Waals surface area (Å²) in [6.45, 7) is 4.78. The molecule has 2 rings (SSSR count). The summed E-state index contributed by atoms with van der Waals surface area (Å²) in [6.07, 6.45) is 0. The number of hydrogen-bond acceptors (Lipinski definition) is 5. The smallest absolute Gasteiger partial charge is 0.261 e. The number of hydrogen-bond donors (Lipinski definition) is 3. The van der Waals surface area contributed by atoms with E-state index in [9.17, 15) is 13.2 Å². The van der Waals surface area contributed by atoms with Crippen LogP contribution in [0.5, 0.6) is 5.75 Å². The molecule has 0 saturated heterocycles. The molecule has 0 aliphatic carbocycles. The molecule has 0 aliphatic rings. The zero-order chi connectivity index (χ0) is 19.9. The third kappa shape index (κ3) is 5.97. The minimum Gasteiger partial charge on any atom is -0.494 e. The second kappa shape index (κ2) is 9.38. The fourth-order valence-electron chi connectivity index (χ4n) is 2.25. The van der Waals surface area contributed by atoms with Crippen LogP contribution >= 0.6 is 0 Å². The molecule has 2 aromatic carbocycles. The van der Waals surface area contributed by atoms with Gasteiger partial charge in [-0.25, -0.2) is 8.42 Å². The van der Waals surface area contributed by atoms with Crippen LogP contribution in [0.1, 0.15) is 24.2 Å². The molecule has 0 aromatic heterocycles. The molecule has 0 saturated carbocycles. The van der Waals surface area contributed by atoms with Gasteiger partial charge in [-0.1, -0.05) is 6.07 Å². The Morgan fingerprint density at radius 3 is 2.48 bits per heavy atom. The van der Waals surface area contributed by atoms with Gasteiger partial charge in [-0.05, 0) is 63.4 Å². The highest BCUT2D eigenvalue weighted by Gasteiger charge is 2.17. The maximum atomic E-state index is 12.6. The van der Waals surface area contributed by atoms with Crippen LogP contribution in [-0.2, 0) is 10.0 Å². The normalized spacial score (nSPS) is 12.3. The van der Waals surface area contributed by atoms with Gasteiger partial charge in [0.1, 0.15) is 5.75 Å². The van der Waals surface area contributed by atoms with Crippen molar-refractivity contribution in [3.8, 4) is 5.75 Å². The molecule has 0 heterocycles. The summed E-state index contributed by atoms with van der Waals surface area (Å²) in [4.78, 5) is 12.3. The molecule has 8 heteroatoms. The Bertz CT molecular complexity index is 867. The molecule has 0 radical (unpaired) electrons. The van der Waals surface area contributed by atoms with Crippen LogP contribution in [-0.4, -0.2) is 40.6 Å². The number of amides is 1. The minimum absolute atomic E-state index is 0.0192. The predicted octanol–water partition coefficient (Wildman–Crippen LogP) is 2.22. The van der Waals surface area contributed by atoms with E-state index in [1.165, 1.54) is 12.1 Å². The average molecular weight is 391 g/mol. The van der Waals surface area contributed by atoms with Crippen LogP contribution in [0, 0.1) is 0 Å². The van der Waals surface area contributed by atoms with Crippen molar-refractivity contribution in [2.45, 2.75) is 24.8 Å². The van der Waals surface area contributed by atoms with Crippen LogP contribution in [0.2, 0.25) is 0 Å². The Labute approximate surface area is 160 Å². The number of rotatable bonds is 9. The number of carbonyl (C=O) groups is 1. The largest absolute Gasteiger partial charge is 0.494 e. The van der Waals surface area contributed by atoms with Gasteiger partial charge in [-0.15, -0.1) is 0 Å². The zero-order valence-corrected chi connectivity index (χ0v) is 16.5. The predicted molar refractivity (Wildman–Crippen MR) is 106 cm³/mol. The van der Waals surface area contributed by atoms with E-state index in [0.717, 1.165) is 0 Å². The Balaban J connectivity index is 2.12. The Hall–Kier alpha value is -2.58. The Morgan fingerprint density at radius 1 is 1.15 bits per heavy atom. The minimum atomic E-state index is -3.81. The molecular weight excluding hydrogens is 366 g/mol. The monoisotopic (exact) mass is 391 g/mol. The molecule has 146 valence electrons. The lowest BCUT2D eigenvalue weighted by Gasteiger charge is -2.12. The van der Waals surface area contributed by atoms with E-state index in [1.54, 1.807) is 43.4 Å². The van der Waals surface area contributed by atoms with Crippen molar-refractivity contribution in [3.63, 3.8) is 0 Å². The first-order valence-corrected chi connectivity index (χ1v) is 10.1. The highest BCUT2D eigenvalue weighted by atomic mass is 32.2. The number of benzene rings is 2. The Morgan fingerprint density at radius 2 is 1.85 bits per heavy atom. The molecule has 7 nitrogen and oxygen atoms in total. The van der Waals surface area contributed by atoms with Gasteiger partial charge in [0, 0.05) is 23.8 Å². The number of likely N-dealkylation sites (N-methyl/N-ethyl adjacent to an activating group) is 1. The first-order valence-electron chi connectivity index (χ1n) is 8.67. The van der Waals surface area contributed by atoms with Gasteiger partial charge in [0.25, 0.3) is 15.9 Å². The first kappa shape index (κ1) is 20.7. The lowest BCUT2D eigenvalue weighted by molar-refractivity contribution is 0.0950. The summed E-state index contributed by atoms with van der Waals surface area (Å²) in [5, 5.41) is 5.78. The van der Waals surface area contributed by atoms with Gasteiger partial charge in [0.15, 0.2) is 0 Å². The van der Waals surface area contributed by atoms with Gasteiger partial charge in [0.2, 0.25) is 0 Å². The van der Waals surface area contributed by atoms with Crippen LogP contribution in [0.4, 0.5) is 5.69 Å². The van der Waals surface area contributed by atoms with Crippen molar-refractivity contribution in [1.82, 2.24) is 10.6 Å². The molecule has 27 heavy (non-hydrogen) atoms. The molecule has 2 aromatic rings. The molecule has 3 N–H and O–H groups in total. The van der Waals surface area contributed by atoms with E-state index in [4.69, 9.17) is 4.74 Å². The van der Waals surface area contributed by atoms with Gasteiger partial charge in [-0.3, -0.25) is 9.52 Å². The topological polar surface area (TPSA) is 96.5 Å². The number of anilines is 1. The van der Waals surface area contributed by atoms with Crippen molar-refractivity contribution in [2.75, 3.05) is 24.9 Å². The van der Waals surface area contributed by atoms with Gasteiger partial charge < -0.3 is 15.4 Å². The molecular formula is C19H25N3O4S. The van der Waals surface area contributed by atoms with Gasteiger partial charge >= 0.3 is 0 Å². The summed E-state index contributed by atoms with van der Waals surface area (Å²) >= 11 is 0. The lowest BCUT2D eigenvalue weighted by atomic mass is 10.2. The van der Waals surface area contributed by atoms with E-state index < -0.39 is 10.0 Å². The lowest BCUT2D eigenvalue weighted by Crippen LogP contribution is -2.37. The van der Waals surface area contributed by atoms with Crippen molar-refractivity contribution in [3.05, 3.63) is 54.1 Å². The van der Waals surface area contributed by atoms with Crippen molar-refractivity contribution in [2.24, 2.45) is 0 Å². The zero-order valence-electron chi connectivity index (χ0n) is 15.7. The SMILES string of the molecule is CCOc1ccc(NS(=O)(=O)c2cccc(C(=O)NCC(C)NC)c2)cc1. The van der Waals surface area contributed by atoms with Crippen LogP contribution in [0.15, 0.2) is 53.4 Å². The molecule has 1 amide bonds. The summed E-state index contributed by atoms with van der Waals surface area (Å²) in [5.41, 5.74) is 0.698. The maximum absolute atomic E-state index is 12.6. The first-order chi connectivity index (χ1) is 12.9. The van der Waals surface area contributed by atoms with Crippen molar-refractivity contribution in [1.29, 1.82) is 0 Å². The number of nitrogens with one attached hydrogen (secondary N) is 3. The third-order valence-corrected chi connectivity index (χ3v) is 5.26. The van der Waals surface area contributed by atoms with Crippen LogP contribution in [0.25, 0.3) is 0 Å². The summed E-state index contributed by atoms with van der Waals surface area (Å²) < 4.78 is 33.1. The second-order valence-corrected chi connectivity index (χ2v) is 7.67. The molecule has 0 fully saturated rings. The van der Waals surface area contributed by atoms with Gasteiger partial charge in [0.05, 0.1) is 11.5 Å². The van der Waals surface area contributed by atoms with E-state index >= 15 is 0 Å². The maximum Gasteiger partial charge on any atom is 0.261 e. The number of ether oxygens (including phenoxy) is 1. The molecule has 0 bridgehead atoms. The van der Waals surface area contributed by atoms with E-state index in [-0.39, 0.29) is 22.4 Å². The summed E-state index contributed by atoms with van der Waals surface area (Å²) in [7, 11) is -2.01. The molecule has 0 spiro atoms. The van der Waals surface area contributed by atoms with Crippen molar-refractivity contribution < 1.29 is 17.9 Å². The number of sulfonamides is 1. The molecule has 1 atom stereocenters. The second-order valence-electron chi connectivity index (χ2n) is 5.99. The van der Waals surface area contributed by atoms with E-state index in [0.29, 0.717) is 24.6 Å². The quantitative estimate of drug-likeness (QED) is 0.609. The van der Waals surface area contributed by atoms with Crippen LogP contribution < -0.4 is 20.1 Å². The van der Waals surface area contributed by atoms with Crippen molar-refractivity contribution >= 4 is 21.6 Å². The average Bonchev–Trinajstić information content (AvgIpc) is 2.67. The van der Waals surface area contributed by atoms with Gasteiger partial charge in [-0.2, -0.15) is 0 Å². The third-order valence-electron chi connectivity index (χ3n) is 3.89. The standard InChI is InChI=1S/C19H25N3O4S/c1-4-26-17-10-8-16(9-11-17)22-27(24,25)18-7-5-6-15(12-18)19(23)21-13-14(2)20-3/h5-12,14,20,22H,4,13H2,1-3H3,(H,21,23). The fraction of sp³-hybridized carbons (Fsp3) is 0.316. The highest BCUT2D eigenvalue weighted by Crippen LogP contribution is 2.20. The molecule has 0 aliphatic heterocycles. The highest BCUT2D eigenvalue weighted by molar-refractivity contribution is 7.92.